The highest BCUT2D eigenvalue weighted by Crippen LogP contribution is 2.34. The summed E-state index contributed by atoms with van der Waals surface area (Å²) < 4.78 is 0. The second kappa shape index (κ2) is 3.62. The summed E-state index contributed by atoms with van der Waals surface area (Å²) in [6, 6.07) is 9.21. The van der Waals surface area contributed by atoms with Crippen LogP contribution in [-0.4, -0.2) is 19.1 Å². The Hall–Kier alpha value is -1.02. The largest absolute Gasteiger partial charge is 0.363 e. The lowest BCUT2D eigenvalue weighted by Crippen LogP contribution is -2.12. The van der Waals surface area contributed by atoms with Gasteiger partial charge >= 0.3 is 0 Å². The predicted octanol–water partition coefficient (Wildman–Crippen LogP) is 1.96. The van der Waals surface area contributed by atoms with Gasteiger partial charge in [-0.3, -0.25) is 0 Å². The van der Waals surface area contributed by atoms with Gasteiger partial charge in [-0.1, -0.05) is 32.0 Å². The maximum absolute atomic E-state index is 5.65. The van der Waals surface area contributed by atoms with Crippen LogP contribution in [0.1, 0.15) is 25.3 Å². The highest BCUT2D eigenvalue weighted by molar-refractivity contribution is 5.60. The van der Waals surface area contributed by atoms with Crippen LogP contribution in [0.4, 0.5) is 5.69 Å². The molecule has 0 bridgehead atoms. The Morgan fingerprint density at radius 2 is 2.14 bits per heavy atom. The fourth-order valence-corrected chi connectivity index (χ4v) is 1.91. The van der Waals surface area contributed by atoms with Crippen molar-refractivity contribution in [3.05, 3.63) is 29.8 Å². The fraction of sp³-hybridized carbons (Fsp3) is 0.500. The summed E-state index contributed by atoms with van der Waals surface area (Å²) >= 11 is 0. The van der Waals surface area contributed by atoms with E-state index in [1.54, 1.807) is 0 Å². The van der Waals surface area contributed by atoms with Crippen molar-refractivity contribution in [1.82, 2.24) is 0 Å². The predicted molar refractivity (Wildman–Crippen MR) is 60.7 cm³/mol. The van der Waals surface area contributed by atoms with E-state index in [1.165, 1.54) is 11.3 Å². The Kier molecular flexibility index (Phi) is 2.46. The van der Waals surface area contributed by atoms with E-state index in [4.69, 9.17) is 5.73 Å². The smallest absolute Gasteiger partial charge is 0.0588 e. The van der Waals surface area contributed by atoms with Crippen molar-refractivity contribution in [2.24, 2.45) is 5.73 Å². The monoisotopic (exact) mass is 190 g/mol. The molecule has 14 heavy (non-hydrogen) atoms. The van der Waals surface area contributed by atoms with Crippen LogP contribution < -0.4 is 10.6 Å². The summed E-state index contributed by atoms with van der Waals surface area (Å²) in [7, 11) is 0. The Morgan fingerprint density at radius 3 is 2.71 bits per heavy atom. The zero-order valence-corrected chi connectivity index (χ0v) is 8.90. The molecule has 0 aromatic heterocycles. The zero-order chi connectivity index (χ0) is 10.1. The maximum atomic E-state index is 5.65. The third-order valence-corrected chi connectivity index (χ3v) is 2.85. The SMILES string of the molecule is CC(C)c1ccccc1N1CC1CN. The molecule has 2 nitrogen and oxygen atoms in total. The Labute approximate surface area is 85.7 Å². The molecule has 1 heterocycles. The molecule has 0 amide bonds. The highest BCUT2D eigenvalue weighted by Gasteiger charge is 2.33. The molecule has 76 valence electrons. The second-order valence-corrected chi connectivity index (χ2v) is 4.26. The van der Waals surface area contributed by atoms with Gasteiger partial charge in [0.1, 0.15) is 0 Å². The maximum Gasteiger partial charge on any atom is 0.0588 e. The lowest BCUT2D eigenvalue weighted by molar-refractivity contribution is 0.861. The number of hydrogen-bond donors (Lipinski definition) is 1. The quantitative estimate of drug-likeness (QED) is 0.738. The van der Waals surface area contributed by atoms with Crippen LogP contribution in [-0.2, 0) is 0 Å². The van der Waals surface area contributed by atoms with E-state index in [2.05, 4.69) is 43.0 Å². The number of nitrogens with zero attached hydrogens (tertiary/aromatic N) is 1. The lowest BCUT2D eigenvalue weighted by atomic mass is 10.0. The molecule has 1 aromatic carbocycles. The van der Waals surface area contributed by atoms with E-state index >= 15 is 0 Å². The van der Waals surface area contributed by atoms with Gasteiger partial charge in [-0.25, -0.2) is 0 Å². The summed E-state index contributed by atoms with van der Waals surface area (Å²) in [6.07, 6.45) is 0. The molecule has 0 aliphatic carbocycles. The summed E-state index contributed by atoms with van der Waals surface area (Å²) in [5.74, 6) is 0.588. The number of benzene rings is 1. The number of rotatable bonds is 3. The number of anilines is 1. The van der Waals surface area contributed by atoms with E-state index in [9.17, 15) is 0 Å². The minimum absolute atomic E-state index is 0.579. The molecule has 1 fully saturated rings. The number of para-hydroxylation sites is 1. The summed E-state index contributed by atoms with van der Waals surface area (Å²) in [6.45, 7) is 6.37. The molecule has 0 radical (unpaired) electrons. The van der Waals surface area contributed by atoms with Gasteiger partial charge in [0.25, 0.3) is 0 Å². The zero-order valence-electron chi connectivity index (χ0n) is 8.90. The third kappa shape index (κ3) is 1.62. The van der Waals surface area contributed by atoms with Crippen molar-refractivity contribution in [2.75, 3.05) is 18.0 Å². The Morgan fingerprint density at radius 1 is 1.43 bits per heavy atom. The minimum atomic E-state index is 0.579. The van der Waals surface area contributed by atoms with Gasteiger partial charge in [0.2, 0.25) is 0 Å². The molecule has 1 unspecified atom stereocenters. The van der Waals surface area contributed by atoms with Crippen LogP contribution in [0, 0.1) is 0 Å². The van der Waals surface area contributed by atoms with Gasteiger partial charge in [0, 0.05) is 18.8 Å². The molecule has 1 saturated heterocycles. The molecule has 2 heteroatoms. The number of nitrogens with two attached hydrogens (primary N) is 1. The van der Waals surface area contributed by atoms with Crippen molar-refractivity contribution in [2.45, 2.75) is 25.8 Å². The summed E-state index contributed by atoms with van der Waals surface area (Å²) in [5, 5.41) is 0. The van der Waals surface area contributed by atoms with Gasteiger partial charge < -0.3 is 10.6 Å². The van der Waals surface area contributed by atoms with Crippen LogP contribution in [0.25, 0.3) is 0 Å². The Balaban J connectivity index is 2.25. The fourth-order valence-electron chi connectivity index (χ4n) is 1.91. The molecular formula is C12H18N2. The molecule has 1 aromatic rings. The van der Waals surface area contributed by atoms with Gasteiger partial charge in [0.15, 0.2) is 0 Å². The van der Waals surface area contributed by atoms with Crippen LogP contribution in [0.5, 0.6) is 0 Å². The summed E-state index contributed by atoms with van der Waals surface area (Å²) in [4.78, 5) is 2.38. The van der Waals surface area contributed by atoms with Crippen LogP contribution in [0.15, 0.2) is 24.3 Å². The van der Waals surface area contributed by atoms with E-state index in [0.717, 1.165) is 13.1 Å². The molecule has 0 saturated carbocycles. The van der Waals surface area contributed by atoms with Crippen LogP contribution in [0.2, 0.25) is 0 Å². The van der Waals surface area contributed by atoms with Gasteiger partial charge in [0.05, 0.1) is 6.04 Å². The van der Waals surface area contributed by atoms with Crippen LogP contribution in [0.3, 0.4) is 0 Å². The lowest BCUT2D eigenvalue weighted by Gasteiger charge is -2.14. The molecule has 2 rings (SSSR count). The average molecular weight is 190 g/mol. The van der Waals surface area contributed by atoms with Crippen molar-refractivity contribution < 1.29 is 0 Å². The van der Waals surface area contributed by atoms with Gasteiger partial charge in [-0.05, 0) is 17.5 Å². The van der Waals surface area contributed by atoms with E-state index in [1.807, 2.05) is 0 Å². The van der Waals surface area contributed by atoms with Crippen molar-refractivity contribution >= 4 is 5.69 Å². The van der Waals surface area contributed by atoms with Crippen molar-refractivity contribution in [3.63, 3.8) is 0 Å². The first-order valence-corrected chi connectivity index (χ1v) is 5.29. The third-order valence-electron chi connectivity index (χ3n) is 2.85. The highest BCUT2D eigenvalue weighted by atomic mass is 15.3. The molecule has 1 aliphatic rings. The molecule has 1 atom stereocenters. The van der Waals surface area contributed by atoms with Crippen molar-refractivity contribution in [1.29, 1.82) is 0 Å². The first-order valence-electron chi connectivity index (χ1n) is 5.29. The molecule has 2 N–H and O–H groups in total. The normalized spacial score (nSPS) is 20.3. The average Bonchev–Trinajstić information content (AvgIpc) is 2.96. The van der Waals surface area contributed by atoms with Gasteiger partial charge in [-0.2, -0.15) is 0 Å². The second-order valence-electron chi connectivity index (χ2n) is 4.26. The minimum Gasteiger partial charge on any atom is -0.363 e. The van der Waals surface area contributed by atoms with Crippen LogP contribution >= 0.6 is 0 Å². The first-order chi connectivity index (χ1) is 6.74. The van der Waals surface area contributed by atoms with Gasteiger partial charge in [-0.15, -0.1) is 0 Å². The van der Waals surface area contributed by atoms with Crippen molar-refractivity contribution in [3.8, 4) is 0 Å². The molecular weight excluding hydrogens is 172 g/mol. The topological polar surface area (TPSA) is 29.0 Å². The van der Waals surface area contributed by atoms with E-state index < -0.39 is 0 Å². The van der Waals surface area contributed by atoms with E-state index in [-0.39, 0.29) is 0 Å². The first kappa shape index (κ1) is 9.53. The molecule has 1 aliphatic heterocycles. The summed E-state index contributed by atoms with van der Waals surface area (Å²) in [5.41, 5.74) is 8.45. The Bertz CT molecular complexity index is 320. The standard InChI is InChI=1S/C12H18N2/c1-9(2)11-5-3-4-6-12(11)14-8-10(14)7-13/h3-6,9-10H,7-8,13H2,1-2H3. The molecule has 0 spiro atoms. The number of hydrogen-bond acceptors (Lipinski definition) is 2. The van der Waals surface area contributed by atoms with E-state index in [0.29, 0.717) is 12.0 Å².